The van der Waals surface area contributed by atoms with Gasteiger partial charge in [0.15, 0.2) is 17.1 Å². The number of nitrogens with zero attached hydrogens (tertiary/aromatic N) is 3. The third kappa shape index (κ3) is 6.13. The van der Waals surface area contributed by atoms with E-state index in [1.807, 2.05) is 6.07 Å². The molecule has 15 nitrogen and oxygen atoms in total. The first-order valence-corrected chi connectivity index (χ1v) is 13.9. The Balaban J connectivity index is 0.000000244. The van der Waals surface area contributed by atoms with Gasteiger partial charge in [-0.25, -0.2) is 13.2 Å². The van der Waals surface area contributed by atoms with Crippen molar-refractivity contribution in [2.24, 2.45) is 5.73 Å². The molecule has 0 saturated carbocycles. The van der Waals surface area contributed by atoms with Crippen molar-refractivity contribution in [2.75, 3.05) is 16.3 Å². The number of anilines is 2. The number of primary amides is 1. The summed E-state index contributed by atoms with van der Waals surface area (Å²) >= 11 is 6.01. The van der Waals surface area contributed by atoms with E-state index < -0.39 is 27.6 Å². The number of benzene rings is 3. The molecule has 0 saturated heterocycles. The molecule has 3 aromatic heterocycles. The summed E-state index contributed by atoms with van der Waals surface area (Å²) < 4.78 is 39.4. The molecule has 0 aliphatic rings. The Hall–Kier alpha value is -5.48. The number of nitrogens with one attached hydrogen (secondary N) is 3. The van der Waals surface area contributed by atoms with E-state index in [1.54, 1.807) is 24.3 Å². The zero-order chi connectivity index (χ0) is 30.0. The summed E-state index contributed by atoms with van der Waals surface area (Å²) in [7, 11) is -3.47. The summed E-state index contributed by atoms with van der Waals surface area (Å²) in [5.41, 5.74) is 6.77. The highest BCUT2D eigenvalue weighted by molar-refractivity contribution is 7.92. The summed E-state index contributed by atoms with van der Waals surface area (Å²) in [6.07, 6.45) is 1.02. The minimum Gasteiger partial charge on any atom is -0.363 e. The van der Waals surface area contributed by atoms with E-state index in [4.69, 9.17) is 26.4 Å². The van der Waals surface area contributed by atoms with Gasteiger partial charge >= 0.3 is 5.76 Å². The molecule has 0 bridgehead atoms. The van der Waals surface area contributed by atoms with Crippen LogP contribution in [0.1, 0.15) is 21.0 Å². The summed E-state index contributed by atoms with van der Waals surface area (Å²) in [5.74, 6) is -1.76. The third-order valence-electron chi connectivity index (χ3n) is 5.52. The lowest BCUT2D eigenvalue weighted by atomic mass is 10.1. The van der Waals surface area contributed by atoms with Crippen LogP contribution in [0.5, 0.6) is 0 Å². The molecule has 0 aliphatic carbocycles. The second-order valence-corrected chi connectivity index (χ2v) is 10.8. The monoisotopic (exact) mass is 611 g/mol. The fraction of sp³-hybridized carbons (Fsp3) is 0.0400. The van der Waals surface area contributed by atoms with Crippen molar-refractivity contribution in [1.82, 2.24) is 20.5 Å². The van der Waals surface area contributed by atoms with Crippen molar-refractivity contribution >= 4 is 66.7 Å². The second-order valence-electron chi connectivity index (χ2n) is 8.60. The zero-order valence-corrected chi connectivity index (χ0v) is 22.8. The van der Waals surface area contributed by atoms with Crippen LogP contribution in [0.25, 0.3) is 33.3 Å². The first-order chi connectivity index (χ1) is 20.0. The highest BCUT2D eigenvalue weighted by Crippen LogP contribution is 2.30. The zero-order valence-electron chi connectivity index (χ0n) is 21.2. The molecular weight excluding hydrogens is 594 g/mol. The second kappa shape index (κ2) is 11.2. The summed E-state index contributed by atoms with van der Waals surface area (Å²) in [6, 6.07) is 16.1. The van der Waals surface area contributed by atoms with Crippen LogP contribution >= 0.6 is 11.6 Å². The maximum Gasteiger partial charge on any atom is 0.439 e. The van der Waals surface area contributed by atoms with Crippen LogP contribution in [-0.2, 0) is 10.0 Å². The number of H-pyrrole nitrogens is 1. The molecule has 0 spiro atoms. The third-order valence-corrected chi connectivity index (χ3v) is 6.36. The maximum atomic E-state index is 12.8. The molecule has 0 atom stereocenters. The van der Waals surface area contributed by atoms with Crippen LogP contribution in [0.3, 0.4) is 0 Å². The Labute approximate surface area is 239 Å². The summed E-state index contributed by atoms with van der Waals surface area (Å²) in [5, 5.41) is 15.1. The van der Waals surface area contributed by atoms with Crippen LogP contribution in [0.2, 0.25) is 5.02 Å². The van der Waals surface area contributed by atoms with Crippen LogP contribution in [0.4, 0.5) is 11.4 Å². The highest BCUT2D eigenvalue weighted by atomic mass is 35.5. The van der Waals surface area contributed by atoms with Gasteiger partial charge in [-0.1, -0.05) is 39.2 Å². The molecule has 3 heterocycles. The van der Waals surface area contributed by atoms with Crippen LogP contribution in [0, 0.1) is 0 Å². The van der Waals surface area contributed by atoms with E-state index >= 15 is 0 Å². The number of carbonyl (C=O) groups is 2. The molecular formula is C25H18ClN7O8S. The predicted molar refractivity (Wildman–Crippen MR) is 151 cm³/mol. The van der Waals surface area contributed by atoms with Gasteiger partial charge in [0.05, 0.1) is 28.4 Å². The van der Waals surface area contributed by atoms with Crippen molar-refractivity contribution in [3.63, 3.8) is 0 Å². The lowest BCUT2D eigenvalue weighted by Crippen LogP contribution is -2.13. The Kier molecular flexibility index (Phi) is 7.47. The largest absolute Gasteiger partial charge is 0.439 e. The fourth-order valence-corrected chi connectivity index (χ4v) is 4.52. The van der Waals surface area contributed by atoms with Gasteiger partial charge in [0.25, 0.3) is 11.8 Å². The van der Waals surface area contributed by atoms with E-state index in [1.165, 1.54) is 30.3 Å². The van der Waals surface area contributed by atoms with Gasteiger partial charge in [0.2, 0.25) is 15.8 Å². The molecule has 0 unspecified atom stereocenters. The minimum absolute atomic E-state index is 0.0227. The normalized spacial score (nSPS) is 11.2. The number of halogens is 1. The van der Waals surface area contributed by atoms with E-state index in [0.717, 1.165) is 6.26 Å². The number of fused-ring (bicyclic) bond motifs is 2. The molecule has 0 radical (unpaired) electrons. The van der Waals surface area contributed by atoms with E-state index in [2.05, 4.69) is 35.0 Å². The summed E-state index contributed by atoms with van der Waals surface area (Å²) in [6.45, 7) is 0. The molecule has 6 rings (SSSR count). The number of aromatic nitrogens is 4. The molecule has 0 fully saturated rings. The Bertz CT molecular complexity index is 2130. The fourth-order valence-electron chi connectivity index (χ4n) is 3.79. The number of hydrogen-bond acceptors (Lipinski definition) is 11. The average molecular weight is 612 g/mol. The van der Waals surface area contributed by atoms with Gasteiger partial charge in [-0.15, -0.1) is 0 Å². The van der Waals surface area contributed by atoms with Gasteiger partial charge in [-0.05, 0) is 42.5 Å². The lowest BCUT2D eigenvalue weighted by Gasteiger charge is -2.08. The molecule has 5 N–H and O–H groups in total. The number of carbonyl (C=O) groups excluding carboxylic acids is 2. The molecule has 2 amide bonds. The topological polar surface area (TPSA) is 229 Å². The van der Waals surface area contributed by atoms with E-state index in [9.17, 15) is 22.8 Å². The van der Waals surface area contributed by atoms with E-state index in [0.29, 0.717) is 32.6 Å². The number of hydrogen-bond donors (Lipinski definition) is 4. The smallest absolute Gasteiger partial charge is 0.363 e. The van der Waals surface area contributed by atoms with Gasteiger partial charge in [0, 0.05) is 16.7 Å². The van der Waals surface area contributed by atoms with Crippen LogP contribution < -0.4 is 21.5 Å². The van der Waals surface area contributed by atoms with Gasteiger partial charge in [-0.3, -0.25) is 23.8 Å². The summed E-state index contributed by atoms with van der Waals surface area (Å²) in [4.78, 5) is 37.2. The first-order valence-electron chi connectivity index (χ1n) is 11.7. The molecule has 3 aromatic carbocycles. The maximum absolute atomic E-state index is 12.8. The molecule has 214 valence electrons. The van der Waals surface area contributed by atoms with Gasteiger partial charge in [0.1, 0.15) is 5.52 Å². The van der Waals surface area contributed by atoms with Crippen molar-refractivity contribution in [3.8, 4) is 11.4 Å². The minimum atomic E-state index is -3.47. The average Bonchev–Trinajstić information content (AvgIpc) is 3.67. The van der Waals surface area contributed by atoms with Crippen molar-refractivity contribution in [1.29, 1.82) is 0 Å². The molecule has 17 heteroatoms. The number of amides is 2. The quantitative estimate of drug-likeness (QED) is 0.213. The van der Waals surface area contributed by atoms with Gasteiger partial charge < -0.3 is 20.1 Å². The number of rotatable bonds is 6. The number of aromatic amines is 1. The van der Waals surface area contributed by atoms with Gasteiger partial charge in [-0.2, -0.15) is 0 Å². The van der Waals surface area contributed by atoms with Crippen LogP contribution in [-0.4, -0.2) is 46.9 Å². The predicted octanol–water partition coefficient (Wildman–Crippen LogP) is 3.38. The standard InChI is InChI=1S/C17H12ClN5O6S.C8H6N2O2/c1-30(26,27)23-9-3-4-10-13(7-9)28-21-14(10)16(24)19-12-5-2-8(18)6-11(12)15-20-17(25)29-22-15;9-8(11)7-5-3-1-2-4-6(5)10-12-7/h2-7,23H,1H3,(H,19,24)(H,20,22,25);1-4H,(H2,9,11). The molecule has 42 heavy (non-hydrogen) atoms. The number of nitrogens with two attached hydrogens (primary N) is 1. The first kappa shape index (κ1) is 28.1. The Morgan fingerprint density at radius 2 is 1.74 bits per heavy atom. The van der Waals surface area contributed by atoms with Crippen molar-refractivity contribution < 1.29 is 31.6 Å². The highest BCUT2D eigenvalue weighted by Gasteiger charge is 2.20. The van der Waals surface area contributed by atoms with Crippen LogP contribution in [0.15, 0.2) is 79.0 Å². The van der Waals surface area contributed by atoms with Crippen molar-refractivity contribution in [2.45, 2.75) is 0 Å². The number of sulfonamides is 1. The van der Waals surface area contributed by atoms with Crippen molar-refractivity contribution in [3.05, 3.63) is 87.7 Å². The SMILES string of the molecule is CS(=O)(=O)Nc1ccc2c(C(=O)Nc3ccc(Cl)cc3-c3noc(=O)[nH]3)noc2c1.NC(=O)c1onc2ccccc12. The van der Waals surface area contributed by atoms with E-state index in [-0.39, 0.29) is 28.5 Å². The lowest BCUT2D eigenvalue weighted by molar-refractivity contribution is 0.0966. The molecule has 0 aliphatic heterocycles. The molecule has 6 aromatic rings. The Morgan fingerprint density at radius 1 is 0.952 bits per heavy atom. The Morgan fingerprint density at radius 3 is 2.45 bits per heavy atom.